The van der Waals surface area contributed by atoms with Gasteiger partial charge in [0.15, 0.2) is 17.5 Å². The summed E-state index contributed by atoms with van der Waals surface area (Å²) in [5.74, 6) is 1.89. The van der Waals surface area contributed by atoms with E-state index in [-0.39, 0.29) is 0 Å². The molecule has 0 saturated heterocycles. The Morgan fingerprint density at radius 1 is 0.278 bits per heavy atom. The lowest BCUT2D eigenvalue weighted by atomic mass is 9.69. The predicted octanol–water partition coefficient (Wildman–Crippen LogP) is 16.7. The maximum atomic E-state index is 6.57. The zero-order chi connectivity index (χ0) is 47.3. The summed E-state index contributed by atoms with van der Waals surface area (Å²) in [7, 11) is 0. The van der Waals surface area contributed by atoms with Crippen molar-refractivity contribution in [3.8, 4) is 90.1 Å². The number of aromatic nitrogens is 4. The summed E-state index contributed by atoms with van der Waals surface area (Å²) in [4.78, 5) is 20.6. The molecule has 72 heavy (non-hydrogen) atoms. The third kappa shape index (κ3) is 5.95. The van der Waals surface area contributed by atoms with Gasteiger partial charge in [0.05, 0.1) is 16.8 Å². The van der Waals surface area contributed by atoms with Crippen molar-refractivity contribution < 1.29 is 4.42 Å². The number of furan rings is 1. The topological polar surface area (TPSA) is 64.7 Å². The van der Waals surface area contributed by atoms with Crippen molar-refractivity contribution >= 4 is 32.7 Å². The van der Waals surface area contributed by atoms with E-state index in [0.29, 0.717) is 17.5 Å². The molecule has 0 unspecified atom stereocenters. The third-order valence-electron chi connectivity index (χ3n) is 14.9. The third-order valence-corrected chi connectivity index (χ3v) is 14.9. The lowest BCUT2D eigenvalue weighted by molar-refractivity contribution is 0.669. The van der Waals surface area contributed by atoms with Gasteiger partial charge in [0.1, 0.15) is 11.2 Å². The molecule has 5 heteroatoms. The molecule has 0 saturated carbocycles. The zero-order valence-electron chi connectivity index (χ0n) is 38.8. The lowest BCUT2D eigenvalue weighted by Crippen LogP contribution is -2.26. The average molecular weight is 917 g/mol. The fourth-order valence-electron chi connectivity index (χ4n) is 11.8. The first-order valence-electron chi connectivity index (χ1n) is 24.5. The van der Waals surface area contributed by atoms with Gasteiger partial charge in [0, 0.05) is 49.5 Å². The van der Waals surface area contributed by atoms with Crippen molar-refractivity contribution in [3.63, 3.8) is 0 Å². The average Bonchev–Trinajstić information content (AvgIpc) is 4.10. The van der Waals surface area contributed by atoms with Gasteiger partial charge in [-0.05, 0) is 79.7 Å². The molecule has 5 nitrogen and oxygen atoms in total. The molecule has 0 atom stereocenters. The van der Waals surface area contributed by atoms with Crippen LogP contribution >= 0.6 is 0 Å². The summed E-state index contributed by atoms with van der Waals surface area (Å²) in [6, 6.07) is 86.1. The summed E-state index contributed by atoms with van der Waals surface area (Å²) in [5, 5.41) is 4.49. The van der Waals surface area contributed by atoms with Crippen molar-refractivity contribution in [2.45, 2.75) is 5.41 Å². The lowest BCUT2D eigenvalue weighted by Gasteiger charge is -2.31. The van der Waals surface area contributed by atoms with Gasteiger partial charge < -0.3 is 4.42 Å². The number of benzene rings is 10. The van der Waals surface area contributed by atoms with Crippen molar-refractivity contribution in [2.24, 2.45) is 0 Å². The standard InChI is InChI=1S/C67H40N4O/c1-3-17-42(18-4-1)64-69-65(43-19-5-2-6-20-43)71-66(70-64)44-35-33-41(34-36-44)48-28-16-32-59-60(48)54-40-46(37-38-58(54)72-59)45-21-15-22-47(39-45)62-52-26-8-7-25-51(52)61-63(68-62)53-27-11-14-31-57(53)67(61)55-29-12-9-23-49(55)50-24-10-13-30-56(50)67/h1-40H. The van der Waals surface area contributed by atoms with Gasteiger partial charge in [-0.2, -0.15) is 0 Å². The molecule has 13 aromatic rings. The van der Waals surface area contributed by atoms with Crippen LogP contribution in [0.5, 0.6) is 0 Å². The number of pyridine rings is 1. The Morgan fingerprint density at radius 2 is 0.750 bits per heavy atom. The highest BCUT2D eigenvalue weighted by Crippen LogP contribution is 2.64. The predicted molar refractivity (Wildman–Crippen MR) is 291 cm³/mol. The van der Waals surface area contributed by atoms with Crippen LogP contribution in [0.15, 0.2) is 247 Å². The molecule has 3 heterocycles. The largest absolute Gasteiger partial charge is 0.456 e. The Hall–Kier alpha value is -9.58. The summed E-state index contributed by atoms with van der Waals surface area (Å²) < 4.78 is 6.57. The minimum absolute atomic E-state index is 0.483. The van der Waals surface area contributed by atoms with Crippen LogP contribution in [0.4, 0.5) is 0 Å². The molecule has 10 aromatic carbocycles. The first-order valence-corrected chi connectivity index (χ1v) is 24.5. The SMILES string of the molecule is c1ccc(-c2nc(-c3ccccc3)nc(-c3ccc(-c4cccc5oc6ccc(-c7cccc(-c8nc9c(c%10ccccc8%10)C8(c%10ccccc%10-c%10ccccc%108)c8ccccc8-9)c7)cc6c45)cc3)n2)cc1. The van der Waals surface area contributed by atoms with Gasteiger partial charge in [-0.1, -0.05) is 218 Å². The van der Waals surface area contributed by atoms with Gasteiger partial charge in [-0.15, -0.1) is 0 Å². The molecule has 3 aromatic heterocycles. The Balaban J connectivity index is 0.834. The molecule has 1 spiro atoms. The van der Waals surface area contributed by atoms with E-state index in [1.54, 1.807) is 0 Å². The van der Waals surface area contributed by atoms with E-state index >= 15 is 0 Å². The summed E-state index contributed by atoms with van der Waals surface area (Å²) >= 11 is 0. The minimum Gasteiger partial charge on any atom is -0.456 e. The van der Waals surface area contributed by atoms with E-state index < -0.39 is 5.41 Å². The summed E-state index contributed by atoms with van der Waals surface area (Å²) in [5.41, 5.74) is 20.4. The molecule has 0 fully saturated rings. The smallest absolute Gasteiger partial charge is 0.164 e. The van der Waals surface area contributed by atoms with Crippen LogP contribution in [-0.4, -0.2) is 19.9 Å². The zero-order valence-corrected chi connectivity index (χ0v) is 38.8. The quantitative estimate of drug-likeness (QED) is 0.166. The molecular formula is C67H40N4O. The highest BCUT2D eigenvalue weighted by molar-refractivity contribution is 6.13. The van der Waals surface area contributed by atoms with Crippen LogP contribution in [-0.2, 0) is 5.41 Å². The monoisotopic (exact) mass is 916 g/mol. The van der Waals surface area contributed by atoms with Crippen molar-refractivity contribution in [3.05, 3.63) is 265 Å². The number of nitrogens with zero attached hydrogens (tertiary/aromatic N) is 4. The van der Waals surface area contributed by atoms with Crippen LogP contribution in [0.25, 0.3) is 123 Å². The molecular weight excluding hydrogens is 877 g/mol. The molecule has 15 rings (SSSR count). The van der Waals surface area contributed by atoms with E-state index in [2.05, 4.69) is 182 Å². The first-order chi connectivity index (χ1) is 35.7. The van der Waals surface area contributed by atoms with E-state index in [1.165, 1.54) is 44.3 Å². The molecule has 0 bridgehead atoms. The Morgan fingerprint density at radius 3 is 1.42 bits per heavy atom. The fraction of sp³-hybridized carbons (Fsp3) is 0.0149. The van der Waals surface area contributed by atoms with Gasteiger partial charge >= 0.3 is 0 Å². The van der Waals surface area contributed by atoms with E-state index in [9.17, 15) is 0 Å². The number of rotatable bonds is 6. The maximum absolute atomic E-state index is 6.57. The minimum atomic E-state index is -0.483. The highest BCUT2D eigenvalue weighted by atomic mass is 16.3. The van der Waals surface area contributed by atoms with Crippen LogP contribution in [0.3, 0.4) is 0 Å². The van der Waals surface area contributed by atoms with Crippen molar-refractivity contribution in [1.29, 1.82) is 0 Å². The molecule has 0 radical (unpaired) electrons. The number of hydrogen-bond acceptors (Lipinski definition) is 5. The van der Waals surface area contributed by atoms with Crippen molar-refractivity contribution in [1.82, 2.24) is 19.9 Å². The van der Waals surface area contributed by atoms with Gasteiger partial charge in [0.2, 0.25) is 0 Å². The molecule has 0 aliphatic heterocycles. The summed E-state index contributed by atoms with van der Waals surface area (Å²) in [6.45, 7) is 0. The first kappa shape index (κ1) is 40.3. The van der Waals surface area contributed by atoms with Gasteiger partial charge in [-0.25, -0.2) is 19.9 Å². The molecule has 0 N–H and O–H groups in total. The molecule has 2 aliphatic carbocycles. The van der Waals surface area contributed by atoms with Gasteiger partial charge in [-0.3, -0.25) is 0 Å². The Labute approximate surface area is 415 Å². The van der Waals surface area contributed by atoms with Gasteiger partial charge in [0.25, 0.3) is 0 Å². The fourth-order valence-corrected chi connectivity index (χ4v) is 11.8. The second kappa shape index (κ2) is 15.7. The summed E-state index contributed by atoms with van der Waals surface area (Å²) in [6.07, 6.45) is 0. The van der Waals surface area contributed by atoms with Crippen LogP contribution in [0, 0.1) is 0 Å². The van der Waals surface area contributed by atoms with Crippen LogP contribution < -0.4 is 0 Å². The van der Waals surface area contributed by atoms with E-state index in [0.717, 1.165) is 83.2 Å². The molecule has 2 aliphatic rings. The Kier molecular flexibility index (Phi) is 8.80. The normalized spacial score (nSPS) is 12.8. The van der Waals surface area contributed by atoms with Crippen molar-refractivity contribution in [2.75, 3.05) is 0 Å². The number of hydrogen-bond donors (Lipinski definition) is 0. The molecule has 0 amide bonds. The second-order valence-electron chi connectivity index (χ2n) is 18.8. The Bertz CT molecular complexity index is 4230. The highest BCUT2D eigenvalue weighted by Gasteiger charge is 2.53. The van der Waals surface area contributed by atoms with E-state index in [4.69, 9.17) is 24.4 Å². The molecule has 334 valence electrons. The number of fused-ring (bicyclic) bond motifs is 15. The van der Waals surface area contributed by atoms with Crippen LogP contribution in [0.2, 0.25) is 0 Å². The van der Waals surface area contributed by atoms with Crippen LogP contribution in [0.1, 0.15) is 22.3 Å². The van der Waals surface area contributed by atoms with E-state index in [1.807, 2.05) is 60.7 Å². The maximum Gasteiger partial charge on any atom is 0.164 e. The second-order valence-corrected chi connectivity index (χ2v) is 18.8.